The number of carbonyl (C=O) groups excluding carboxylic acids is 2. The van der Waals surface area contributed by atoms with Crippen molar-refractivity contribution in [1.82, 2.24) is 15.1 Å². The van der Waals surface area contributed by atoms with E-state index in [1.54, 1.807) is 17.9 Å². The van der Waals surface area contributed by atoms with Crippen molar-refractivity contribution in [3.8, 4) is 11.4 Å². The van der Waals surface area contributed by atoms with Crippen molar-refractivity contribution in [2.24, 2.45) is 0 Å². The molecule has 0 bridgehead atoms. The predicted octanol–water partition coefficient (Wildman–Crippen LogP) is 3.29. The van der Waals surface area contributed by atoms with Gasteiger partial charge in [0.15, 0.2) is 5.69 Å². The number of thiophene rings is 1. The molecule has 1 unspecified atom stereocenters. The van der Waals surface area contributed by atoms with Crippen molar-refractivity contribution in [1.29, 1.82) is 0 Å². The Morgan fingerprint density at radius 2 is 1.96 bits per heavy atom. The number of rotatable bonds is 7. The first-order chi connectivity index (χ1) is 13.5. The van der Waals surface area contributed by atoms with E-state index >= 15 is 0 Å². The SMILES string of the molecule is COC(=O)CC(NC(=O)c1cc(C)n(-c2ccc(OC)cc2)n1)c1cccs1. The molecule has 0 aliphatic carbocycles. The van der Waals surface area contributed by atoms with Gasteiger partial charge in [0.1, 0.15) is 5.75 Å². The Morgan fingerprint density at radius 3 is 2.57 bits per heavy atom. The van der Waals surface area contributed by atoms with Crippen molar-refractivity contribution in [2.45, 2.75) is 19.4 Å². The highest BCUT2D eigenvalue weighted by molar-refractivity contribution is 7.10. The van der Waals surface area contributed by atoms with Gasteiger partial charge >= 0.3 is 5.97 Å². The van der Waals surface area contributed by atoms with E-state index in [2.05, 4.69) is 10.4 Å². The van der Waals surface area contributed by atoms with Gasteiger partial charge in [0.25, 0.3) is 5.91 Å². The summed E-state index contributed by atoms with van der Waals surface area (Å²) in [5.74, 6) is 0.00410. The molecule has 0 spiro atoms. The number of aryl methyl sites for hydroxylation is 1. The zero-order valence-corrected chi connectivity index (χ0v) is 16.7. The van der Waals surface area contributed by atoms with E-state index in [-0.39, 0.29) is 18.0 Å². The van der Waals surface area contributed by atoms with Crippen LogP contribution in [0.25, 0.3) is 5.69 Å². The van der Waals surface area contributed by atoms with E-state index in [1.165, 1.54) is 18.4 Å². The van der Waals surface area contributed by atoms with E-state index < -0.39 is 12.0 Å². The summed E-state index contributed by atoms with van der Waals surface area (Å²) in [4.78, 5) is 25.4. The normalized spacial score (nSPS) is 11.7. The standard InChI is InChI=1S/C20H21N3O4S/c1-13-11-17(22-23(13)14-6-8-15(26-2)9-7-14)20(25)21-16(12-19(24)27-3)18-5-4-10-28-18/h4-11,16H,12H2,1-3H3,(H,21,25). The Morgan fingerprint density at radius 1 is 1.21 bits per heavy atom. The second-order valence-corrected chi connectivity index (χ2v) is 7.08. The molecule has 0 aliphatic rings. The van der Waals surface area contributed by atoms with Crippen LogP contribution in [-0.4, -0.2) is 35.9 Å². The Kier molecular flexibility index (Phi) is 6.10. The third kappa shape index (κ3) is 4.40. The zero-order valence-electron chi connectivity index (χ0n) is 15.8. The molecular weight excluding hydrogens is 378 g/mol. The molecule has 0 saturated carbocycles. The maximum Gasteiger partial charge on any atom is 0.307 e. The van der Waals surface area contributed by atoms with Crippen LogP contribution in [0, 0.1) is 6.92 Å². The van der Waals surface area contributed by atoms with Gasteiger partial charge in [-0.2, -0.15) is 5.10 Å². The van der Waals surface area contributed by atoms with Gasteiger partial charge in [0.05, 0.1) is 32.4 Å². The van der Waals surface area contributed by atoms with Gasteiger partial charge in [-0.05, 0) is 48.7 Å². The summed E-state index contributed by atoms with van der Waals surface area (Å²) in [6.45, 7) is 1.87. The zero-order chi connectivity index (χ0) is 20.1. The number of amides is 1. The number of esters is 1. The van der Waals surface area contributed by atoms with Crippen LogP contribution < -0.4 is 10.1 Å². The molecule has 2 aromatic heterocycles. The van der Waals surface area contributed by atoms with E-state index in [1.807, 2.05) is 48.7 Å². The Hall–Kier alpha value is -3.13. The van der Waals surface area contributed by atoms with E-state index in [0.717, 1.165) is 22.0 Å². The van der Waals surface area contributed by atoms with Gasteiger partial charge in [0.2, 0.25) is 0 Å². The first-order valence-electron chi connectivity index (χ1n) is 8.64. The molecule has 3 rings (SSSR count). The smallest absolute Gasteiger partial charge is 0.307 e. The van der Waals surface area contributed by atoms with Gasteiger partial charge in [-0.25, -0.2) is 4.68 Å². The summed E-state index contributed by atoms with van der Waals surface area (Å²) in [6.07, 6.45) is 0.0565. The van der Waals surface area contributed by atoms with Crippen molar-refractivity contribution >= 4 is 23.2 Å². The minimum Gasteiger partial charge on any atom is -0.497 e. The molecule has 0 aliphatic heterocycles. The fourth-order valence-electron chi connectivity index (χ4n) is 2.76. The van der Waals surface area contributed by atoms with Crippen LogP contribution in [0.15, 0.2) is 47.8 Å². The average Bonchev–Trinajstić information content (AvgIpc) is 3.37. The van der Waals surface area contributed by atoms with Crippen molar-refractivity contribution < 1.29 is 19.1 Å². The molecule has 0 fully saturated rings. The summed E-state index contributed by atoms with van der Waals surface area (Å²) in [6, 6.07) is 12.4. The summed E-state index contributed by atoms with van der Waals surface area (Å²) >= 11 is 1.47. The third-order valence-corrected chi connectivity index (χ3v) is 5.21. The Bertz CT molecular complexity index is 949. The predicted molar refractivity (Wildman–Crippen MR) is 106 cm³/mol. The number of hydrogen-bond donors (Lipinski definition) is 1. The average molecular weight is 399 g/mol. The van der Waals surface area contributed by atoms with Crippen LogP contribution in [0.5, 0.6) is 5.75 Å². The van der Waals surface area contributed by atoms with Gasteiger partial charge in [0, 0.05) is 10.6 Å². The van der Waals surface area contributed by atoms with Gasteiger partial charge in [-0.15, -0.1) is 11.3 Å². The highest BCUT2D eigenvalue weighted by atomic mass is 32.1. The fourth-order valence-corrected chi connectivity index (χ4v) is 3.54. The summed E-state index contributed by atoms with van der Waals surface area (Å²) in [7, 11) is 2.93. The molecule has 1 atom stereocenters. The maximum atomic E-state index is 12.8. The summed E-state index contributed by atoms with van der Waals surface area (Å²) in [5.41, 5.74) is 1.91. The molecule has 28 heavy (non-hydrogen) atoms. The highest BCUT2D eigenvalue weighted by Gasteiger charge is 2.22. The number of nitrogens with one attached hydrogen (secondary N) is 1. The lowest BCUT2D eigenvalue weighted by molar-refractivity contribution is -0.141. The molecule has 1 aromatic carbocycles. The highest BCUT2D eigenvalue weighted by Crippen LogP contribution is 2.23. The van der Waals surface area contributed by atoms with E-state index in [9.17, 15) is 9.59 Å². The van der Waals surface area contributed by atoms with Gasteiger partial charge < -0.3 is 14.8 Å². The third-order valence-electron chi connectivity index (χ3n) is 4.23. The van der Waals surface area contributed by atoms with E-state index in [4.69, 9.17) is 9.47 Å². The molecule has 2 heterocycles. The Labute approximate surface area is 166 Å². The minimum atomic E-state index is -0.466. The maximum absolute atomic E-state index is 12.8. The lowest BCUT2D eigenvalue weighted by Crippen LogP contribution is -2.30. The molecule has 146 valence electrons. The number of carbonyl (C=O) groups is 2. The number of hydrogen-bond acceptors (Lipinski definition) is 6. The first kappa shape index (κ1) is 19.6. The second-order valence-electron chi connectivity index (χ2n) is 6.10. The van der Waals surface area contributed by atoms with Crippen LogP contribution in [0.1, 0.15) is 33.5 Å². The number of benzene rings is 1. The molecule has 0 radical (unpaired) electrons. The quantitative estimate of drug-likeness (QED) is 0.617. The number of aromatic nitrogens is 2. The molecule has 1 N–H and O–H groups in total. The summed E-state index contributed by atoms with van der Waals surface area (Å²) < 4.78 is 11.6. The monoisotopic (exact) mass is 399 g/mol. The van der Waals surface area contributed by atoms with Crippen molar-refractivity contribution in [3.63, 3.8) is 0 Å². The number of methoxy groups -OCH3 is 2. The Balaban J connectivity index is 1.80. The molecule has 1 amide bonds. The topological polar surface area (TPSA) is 82.5 Å². The van der Waals surface area contributed by atoms with Gasteiger partial charge in [-0.1, -0.05) is 6.07 Å². The largest absolute Gasteiger partial charge is 0.497 e. The molecule has 8 heteroatoms. The molecule has 0 saturated heterocycles. The fraction of sp³-hybridized carbons (Fsp3) is 0.250. The molecular formula is C20H21N3O4S. The van der Waals surface area contributed by atoms with Crippen LogP contribution in [-0.2, 0) is 9.53 Å². The number of ether oxygens (including phenoxy) is 2. The second kappa shape index (κ2) is 8.71. The lowest BCUT2D eigenvalue weighted by atomic mass is 10.1. The van der Waals surface area contributed by atoms with Crippen LogP contribution in [0.4, 0.5) is 0 Å². The van der Waals surface area contributed by atoms with Crippen LogP contribution in [0.3, 0.4) is 0 Å². The number of nitrogens with zero attached hydrogens (tertiary/aromatic N) is 2. The van der Waals surface area contributed by atoms with Crippen LogP contribution in [0.2, 0.25) is 0 Å². The van der Waals surface area contributed by atoms with Gasteiger partial charge in [-0.3, -0.25) is 9.59 Å². The first-order valence-corrected chi connectivity index (χ1v) is 9.52. The molecule has 7 nitrogen and oxygen atoms in total. The van der Waals surface area contributed by atoms with Crippen molar-refractivity contribution in [2.75, 3.05) is 14.2 Å². The van der Waals surface area contributed by atoms with Crippen LogP contribution >= 0.6 is 11.3 Å². The van der Waals surface area contributed by atoms with Crippen molar-refractivity contribution in [3.05, 3.63) is 64.1 Å². The van der Waals surface area contributed by atoms with E-state index in [0.29, 0.717) is 0 Å². The minimum absolute atomic E-state index is 0.0565. The molecule has 3 aromatic rings. The lowest BCUT2D eigenvalue weighted by Gasteiger charge is -2.15. The summed E-state index contributed by atoms with van der Waals surface area (Å²) in [5, 5.41) is 9.20.